The predicted molar refractivity (Wildman–Crippen MR) is 87.2 cm³/mol. The molecule has 1 unspecified atom stereocenters. The third-order valence-electron chi connectivity index (χ3n) is 3.91. The molecule has 0 heterocycles. The standard InChI is InChI=1S/C19H25N/c1-14(2)17-9-11-18(12-10-17)19(20-4)13-16-7-5-15(3)6-8-16/h5-12,14,19-20H,13H2,1-4H3. The Morgan fingerprint density at radius 1 is 0.850 bits per heavy atom. The third-order valence-corrected chi connectivity index (χ3v) is 3.91. The molecule has 1 N–H and O–H groups in total. The van der Waals surface area contributed by atoms with Gasteiger partial charge < -0.3 is 5.32 Å². The second kappa shape index (κ2) is 6.71. The van der Waals surface area contributed by atoms with Crippen molar-refractivity contribution in [1.82, 2.24) is 5.32 Å². The summed E-state index contributed by atoms with van der Waals surface area (Å²) in [6.45, 7) is 6.59. The largest absolute Gasteiger partial charge is 0.313 e. The Bertz CT molecular complexity index is 523. The van der Waals surface area contributed by atoms with Crippen LogP contribution in [0.3, 0.4) is 0 Å². The van der Waals surface area contributed by atoms with E-state index in [1.165, 1.54) is 22.3 Å². The van der Waals surface area contributed by atoms with Gasteiger partial charge in [0.2, 0.25) is 0 Å². The Hall–Kier alpha value is -1.60. The molecule has 1 atom stereocenters. The Morgan fingerprint density at radius 3 is 1.90 bits per heavy atom. The van der Waals surface area contributed by atoms with Gasteiger partial charge in [0.25, 0.3) is 0 Å². The number of aryl methyl sites for hydroxylation is 1. The van der Waals surface area contributed by atoms with Crippen molar-refractivity contribution < 1.29 is 0 Å². The second-order valence-corrected chi connectivity index (χ2v) is 5.85. The maximum absolute atomic E-state index is 3.43. The van der Waals surface area contributed by atoms with Crippen molar-refractivity contribution in [2.45, 2.75) is 39.2 Å². The predicted octanol–water partition coefficient (Wildman–Crippen LogP) is 4.62. The molecule has 0 aliphatic heterocycles. The van der Waals surface area contributed by atoms with E-state index in [0.29, 0.717) is 12.0 Å². The highest BCUT2D eigenvalue weighted by Crippen LogP contribution is 2.21. The molecule has 1 nitrogen and oxygen atoms in total. The van der Waals surface area contributed by atoms with E-state index in [1.807, 2.05) is 7.05 Å². The zero-order valence-corrected chi connectivity index (χ0v) is 13.0. The van der Waals surface area contributed by atoms with Crippen molar-refractivity contribution in [2.24, 2.45) is 0 Å². The first-order valence-corrected chi connectivity index (χ1v) is 7.43. The minimum Gasteiger partial charge on any atom is -0.313 e. The summed E-state index contributed by atoms with van der Waals surface area (Å²) >= 11 is 0. The van der Waals surface area contributed by atoms with Gasteiger partial charge in [0.05, 0.1) is 0 Å². The maximum Gasteiger partial charge on any atom is 0.0358 e. The van der Waals surface area contributed by atoms with Gasteiger partial charge >= 0.3 is 0 Å². The smallest absolute Gasteiger partial charge is 0.0358 e. The van der Waals surface area contributed by atoms with Crippen molar-refractivity contribution in [3.8, 4) is 0 Å². The summed E-state index contributed by atoms with van der Waals surface area (Å²) < 4.78 is 0. The van der Waals surface area contributed by atoms with Crippen molar-refractivity contribution in [3.05, 3.63) is 70.8 Å². The SMILES string of the molecule is CNC(Cc1ccc(C)cc1)c1ccc(C(C)C)cc1. The van der Waals surface area contributed by atoms with Gasteiger partial charge in [-0.1, -0.05) is 67.9 Å². The molecule has 0 aliphatic rings. The first-order valence-electron chi connectivity index (χ1n) is 7.43. The fraction of sp³-hybridized carbons (Fsp3) is 0.368. The average molecular weight is 267 g/mol. The summed E-state index contributed by atoms with van der Waals surface area (Å²) in [6.07, 6.45) is 1.03. The van der Waals surface area contributed by atoms with Crippen LogP contribution in [0.15, 0.2) is 48.5 Å². The minimum atomic E-state index is 0.374. The fourth-order valence-corrected chi connectivity index (χ4v) is 2.46. The molecule has 0 aliphatic carbocycles. The van der Waals surface area contributed by atoms with Gasteiger partial charge in [-0.25, -0.2) is 0 Å². The van der Waals surface area contributed by atoms with Crippen LogP contribution in [0.1, 0.15) is 48.1 Å². The van der Waals surface area contributed by atoms with Crippen molar-refractivity contribution in [3.63, 3.8) is 0 Å². The Kier molecular flexibility index (Phi) is 4.97. The molecule has 2 aromatic rings. The quantitative estimate of drug-likeness (QED) is 0.833. The van der Waals surface area contributed by atoms with Crippen LogP contribution >= 0.6 is 0 Å². The lowest BCUT2D eigenvalue weighted by Crippen LogP contribution is -2.18. The summed E-state index contributed by atoms with van der Waals surface area (Å²) in [5.41, 5.74) is 5.45. The van der Waals surface area contributed by atoms with Gasteiger partial charge in [-0.3, -0.25) is 0 Å². The van der Waals surface area contributed by atoms with E-state index in [2.05, 4.69) is 74.6 Å². The van der Waals surface area contributed by atoms with Crippen LogP contribution in [-0.4, -0.2) is 7.05 Å². The van der Waals surface area contributed by atoms with E-state index in [4.69, 9.17) is 0 Å². The van der Waals surface area contributed by atoms with E-state index in [-0.39, 0.29) is 0 Å². The van der Waals surface area contributed by atoms with Crippen molar-refractivity contribution in [2.75, 3.05) is 7.05 Å². The monoisotopic (exact) mass is 267 g/mol. The third kappa shape index (κ3) is 3.71. The first kappa shape index (κ1) is 14.8. The van der Waals surface area contributed by atoms with E-state index in [0.717, 1.165) is 6.42 Å². The topological polar surface area (TPSA) is 12.0 Å². The van der Waals surface area contributed by atoms with Crippen LogP contribution in [0.4, 0.5) is 0 Å². The molecule has 0 aromatic heterocycles. The average Bonchev–Trinajstić information content (AvgIpc) is 2.47. The van der Waals surface area contributed by atoms with Gasteiger partial charge in [0.1, 0.15) is 0 Å². The van der Waals surface area contributed by atoms with Crippen LogP contribution < -0.4 is 5.32 Å². The van der Waals surface area contributed by atoms with Crippen LogP contribution in [0.2, 0.25) is 0 Å². The molecule has 0 spiro atoms. The van der Waals surface area contributed by atoms with Gasteiger partial charge in [-0.05, 0) is 43.0 Å². The Balaban J connectivity index is 2.13. The lowest BCUT2D eigenvalue weighted by Gasteiger charge is -2.18. The summed E-state index contributed by atoms with van der Waals surface area (Å²) in [4.78, 5) is 0. The maximum atomic E-state index is 3.43. The molecule has 0 bridgehead atoms. The van der Waals surface area contributed by atoms with E-state index < -0.39 is 0 Å². The highest BCUT2D eigenvalue weighted by atomic mass is 14.9. The molecule has 106 valence electrons. The lowest BCUT2D eigenvalue weighted by atomic mass is 9.95. The minimum absolute atomic E-state index is 0.374. The van der Waals surface area contributed by atoms with E-state index >= 15 is 0 Å². The fourth-order valence-electron chi connectivity index (χ4n) is 2.46. The van der Waals surface area contributed by atoms with E-state index in [1.54, 1.807) is 0 Å². The number of hydrogen-bond donors (Lipinski definition) is 1. The zero-order valence-electron chi connectivity index (χ0n) is 13.0. The van der Waals surface area contributed by atoms with Crippen molar-refractivity contribution >= 4 is 0 Å². The number of hydrogen-bond acceptors (Lipinski definition) is 1. The molecule has 20 heavy (non-hydrogen) atoms. The van der Waals surface area contributed by atoms with Crippen LogP contribution in [0.25, 0.3) is 0 Å². The molecule has 0 amide bonds. The molecule has 1 heteroatoms. The molecular weight excluding hydrogens is 242 g/mol. The molecule has 2 aromatic carbocycles. The Morgan fingerprint density at radius 2 is 1.40 bits per heavy atom. The van der Waals surface area contributed by atoms with Gasteiger partial charge in [-0.2, -0.15) is 0 Å². The normalized spacial score (nSPS) is 12.7. The second-order valence-electron chi connectivity index (χ2n) is 5.85. The molecule has 0 saturated heterocycles. The number of benzene rings is 2. The van der Waals surface area contributed by atoms with Gasteiger partial charge in [0.15, 0.2) is 0 Å². The molecule has 2 rings (SSSR count). The van der Waals surface area contributed by atoms with Gasteiger partial charge in [0, 0.05) is 6.04 Å². The molecule has 0 radical (unpaired) electrons. The lowest BCUT2D eigenvalue weighted by molar-refractivity contribution is 0.591. The molecular formula is C19H25N. The summed E-state index contributed by atoms with van der Waals surface area (Å²) in [7, 11) is 2.04. The molecule has 0 saturated carbocycles. The molecule has 0 fully saturated rings. The number of rotatable bonds is 5. The van der Waals surface area contributed by atoms with E-state index in [9.17, 15) is 0 Å². The van der Waals surface area contributed by atoms with Gasteiger partial charge in [-0.15, -0.1) is 0 Å². The summed E-state index contributed by atoms with van der Waals surface area (Å²) in [5, 5.41) is 3.43. The number of likely N-dealkylation sites (N-methyl/N-ethyl adjacent to an activating group) is 1. The highest BCUT2D eigenvalue weighted by molar-refractivity contribution is 5.29. The Labute approximate surface area is 123 Å². The van der Waals surface area contributed by atoms with Crippen LogP contribution in [0, 0.1) is 6.92 Å². The van der Waals surface area contributed by atoms with Crippen LogP contribution in [0.5, 0.6) is 0 Å². The van der Waals surface area contributed by atoms with Crippen LogP contribution in [-0.2, 0) is 6.42 Å². The zero-order chi connectivity index (χ0) is 14.5. The highest BCUT2D eigenvalue weighted by Gasteiger charge is 2.10. The first-order chi connectivity index (χ1) is 9.60. The van der Waals surface area contributed by atoms with Crippen molar-refractivity contribution in [1.29, 1.82) is 0 Å². The summed E-state index contributed by atoms with van der Waals surface area (Å²) in [6, 6.07) is 18.2. The summed E-state index contributed by atoms with van der Waals surface area (Å²) in [5.74, 6) is 0.592. The number of nitrogens with one attached hydrogen (secondary N) is 1.